The number of likely N-dealkylation sites (N-methyl/N-ethyl adjacent to an activating group) is 1. The summed E-state index contributed by atoms with van der Waals surface area (Å²) in [6.07, 6.45) is 2.33. The summed E-state index contributed by atoms with van der Waals surface area (Å²) >= 11 is 0. The van der Waals surface area contributed by atoms with Crippen molar-refractivity contribution in [3.05, 3.63) is 54.1 Å². The van der Waals surface area contributed by atoms with Crippen molar-refractivity contribution in [2.45, 2.75) is 63.2 Å². The number of sulfonamides is 1. The molecule has 2 aromatic rings. The van der Waals surface area contributed by atoms with Crippen LogP contribution in [0.25, 0.3) is 0 Å². The fourth-order valence-electron chi connectivity index (χ4n) is 4.62. The minimum absolute atomic E-state index is 0.0173. The first kappa shape index (κ1) is 30.9. The fourth-order valence-corrected chi connectivity index (χ4v) is 5.69. The lowest BCUT2D eigenvalue weighted by Crippen LogP contribution is -2.47. The summed E-state index contributed by atoms with van der Waals surface area (Å²) in [7, 11) is 0.132. The van der Waals surface area contributed by atoms with Gasteiger partial charge in [-0.25, -0.2) is 8.42 Å². The van der Waals surface area contributed by atoms with Gasteiger partial charge >= 0.3 is 0 Å². The third-order valence-electron chi connectivity index (χ3n) is 6.90. The monoisotopic (exact) mass is 561 g/mol. The van der Waals surface area contributed by atoms with Crippen molar-refractivity contribution in [1.29, 1.82) is 0 Å². The number of rotatable bonds is 7. The number of nitrogens with zero attached hydrogens (tertiary/aromatic N) is 2. The van der Waals surface area contributed by atoms with Crippen LogP contribution in [0.2, 0.25) is 0 Å². The number of fused-ring (bicyclic) bond motifs is 1. The molecule has 0 aromatic heterocycles. The number of hydrogen-bond acceptors (Lipinski definition) is 7. The van der Waals surface area contributed by atoms with Gasteiger partial charge in [-0.2, -0.15) is 0 Å². The molecule has 1 heterocycles. The Morgan fingerprint density at radius 1 is 1.13 bits per heavy atom. The summed E-state index contributed by atoms with van der Waals surface area (Å²) in [6.45, 7) is 7.27. The van der Waals surface area contributed by atoms with Gasteiger partial charge in [0.2, 0.25) is 0 Å². The predicted molar refractivity (Wildman–Crippen MR) is 153 cm³/mol. The molecule has 0 fully saturated rings. The van der Waals surface area contributed by atoms with Crippen LogP contribution in [0.15, 0.2) is 53.4 Å². The summed E-state index contributed by atoms with van der Waals surface area (Å²) in [5.41, 5.74) is 0.492. The van der Waals surface area contributed by atoms with Crippen LogP contribution >= 0.6 is 0 Å². The average molecular weight is 562 g/mol. The number of benzene rings is 2. The molecule has 0 saturated heterocycles. The molecule has 4 atom stereocenters. The second-order valence-electron chi connectivity index (χ2n) is 10.7. The normalized spacial score (nSPS) is 22.5. The highest BCUT2D eigenvalue weighted by Gasteiger charge is 2.30. The zero-order valence-electron chi connectivity index (χ0n) is 23.7. The van der Waals surface area contributed by atoms with Crippen molar-refractivity contribution in [2.75, 3.05) is 45.1 Å². The van der Waals surface area contributed by atoms with E-state index in [1.807, 2.05) is 27.9 Å². The number of anilines is 1. The Labute approximate surface area is 233 Å². The standard InChI is InChI=1S/C29H43N3O6S/c1-21-18-32(22(2)20-33)29(34)26-17-24(30-39(35,36)25-12-7-6-8-13-25)14-15-27(26)38-23(3)11-9-10-16-37-28(21)19-31(4)5/h6-8,12-15,17,21-23,28,30,33H,9-11,16,18-20H2,1-5H3/t21-,22-,23-,28-/m1/s1. The number of aliphatic hydroxyl groups excluding tert-OH is 1. The minimum Gasteiger partial charge on any atom is -0.490 e. The molecule has 10 heteroatoms. The van der Waals surface area contributed by atoms with E-state index in [2.05, 4.69) is 9.62 Å². The van der Waals surface area contributed by atoms with E-state index < -0.39 is 16.1 Å². The van der Waals surface area contributed by atoms with E-state index in [-0.39, 0.29) is 46.8 Å². The third-order valence-corrected chi connectivity index (χ3v) is 8.30. The second-order valence-corrected chi connectivity index (χ2v) is 12.4. The number of ether oxygens (including phenoxy) is 2. The van der Waals surface area contributed by atoms with Crippen LogP contribution < -0.4 is 9.46 Å². The Morgan fingerprint density at radius 2 is 1.85 bits per heavy atom. The summed E-state index contributed by atoms with van der Waals surface area (Å²) in [4.78, 5) is 17.9. The van der Waals surface area contributed by atoms with Gasteiger partial charge in [-0.15, -0.1) is 0 Å². The third kappa shape index (κ3) is 8.66. The maximum atomic E-state index is 14.1. The van der Waals surface area contributed by atoms with E-state index in [1.165, 1.54) is 18.2 Å². The minimum atomic E-state index is -3.86. The highest BCUT2D eigenvalue weighted by Crippen LogP contribution is 2.29. The quantitative estimate of drug-likeness (QED) is 0.529. The van der Waals surface area contributed by atoms with Gasteiger partial charge < -0.3 is 24.4 Å². The molecule has 1 aliphatic rings. The van der Waals surface area contributed by atoms with Crippen LogP contribution in [0.4, 0.5) is 5.69 Å². The largest absolute Gasteiger partial charge is 0.490 e. The summed E-state index contributed by atoms with van der Waals surface area (Å²) in [5, 5.41) is 10.0. The van der Waals surface area contributed by atoms with Crippen LogP contribution in [-0.4, -0.2) is 87.9 Å². The van der Waals surface area contributed by atoms with Crippen LogP contribution in [0.1, 0.15) is 50.4 Å². The van der Waals surface area contributed by atoms with Crippen molar-refractivity contribution in [3.63, 3.8) is 0 Å². The van der Waals surface area contributed by atoms with Gasteiger partial charge in [-0.1, -0.05) is 25.1 Å². The molecule has 9 nitrogen and oxygen atoms in total. The summed E-state index contributed by atoms with van der Waals surface area (Å²) < 4.78 is 41.0. The zero-order chi connectivity index (χ0) is 28.6. The van der Waals surface area contributed by atoms with E-state index in [0.717, 1.165) is 19.3 Å². The smallest absolute Gasteiger partial charge is 0.261 e. The molecule has 216 valence electrons. The van der Waals surface area contributed by atoms with Gasteiger partial charge in [-0.3, -0.25) is 9.52 Å². The second kappa shape index (κ2) is 14.1. The van der Waals surface area contributed by atoms with Crippen molar-refractivity contribution in [2.24, 2.45) is 5.92 Å². The Balaban J connectivity index is 2.02. The molecule has 0 unspecified atom stereocenters. The van der Waals surface area contributed by atoms with Crippen LogP contribution in [-0.2, 0) is 14.8 Å². The zero-order valence-corrected chi connectivity index (χ0v) is 24.5. The van der Waals surface area contributed by atoms with E-state index in [4.69, 9.17) is 9.47 Å². The maximum Gasteiger partial charge on any atom is 0.261 e. The van der Waals surface area contributed by atoms with Gasteiger partial charge in [0, 0.05) is 31.3 Å². The highest BCUT2D eigenvalue weighted by atomic mass is 32.2. The van der Waals surface area contributed by atoms with E-state index in [1.54, 1.807) is 42.2 Å². The predicted octanol–water partition coefficient (Wildman–Crippen LogP) is 3.84. The Hall–Kier alpha value is -2.66. The van der Waals surface area contributed by atoms with Crippen molar-refractivity contribution in [3.8, 4) is 5.75 Å². The van der Waals surface area contributed by atoms with Gasteiger partial charge in [0.1, 0.15) is 5.75 Å². The number of nitrogens with one attached hydrogen (secondary N) is 1. The molecule has 0 aliphatic carbocycles. The Bertz CT molecular complexity index is 1170. The molecule has 2 N–H and O–H groups in total. The van der Waals surface area contributed by atoms with Crippen molar-refractivity contribution < 1.29 is 27.8 Å². The molecule has 2 aromatic carbocycles. The topological polar surface area (TPSA) is 108 Å². The number of aliphatic hydroxyl groups is 1. The van der Waals surface area contributed by atoms with Crippen molar-refractivity contribution >= 4 is 21.6 Å². The average Bonchev–Trinajstić information content (AvgIpc) is 2.90. The van der Waals surface area contributed by atoms with Crippen molar-refractivity contribution in [1.82, 2.24) is 9.80 Å². The molecule has 3 rings (SSSR count). The number of hydrogen-bond donors (Lipinski definition) is 2. The molecular weight excluding hydrogens is 518 g/mol. The highest BCUT2D eigenvalue weighted by molar-refractivity contribution is 7.92. The molecular formula is C29H43N3O6S. The van der Waals surface area contributed by atoms with E-state index >= 15 is 0 Å². The number of carbonyl (C=O) groups is 1. The first-order chi connectivity index (χ1) is 18.5. The molecule has 0 saturated carbocycles. The van der Waals surface area contributed by atoms with E-state index in [9.17, 15) is 18.3 Å². The molecule has 1 amide bonds. The SMILES string of the molecule is C[C@@H]1CCCCO[C@H](CN(C)C)[C@H](C)CN([C@H](C)CO)C(=O)c2cc(NS(=O)(=O)c3ccccc3)ccc2O1. The molecule has 0 bridgehead atoms. The number of carbonyl (C=O) groups excluding carboxylic acids is 1. The first-order valence-electron chi connectivity index (χ1n) is 13.6. The van der Waals surface area contributed by atoms with Gasteiger partial charge in [0.05, 0.1) is 35.3 Å². The summed E-state index contributed by atoms with van der Waals surface area (Å²) in [6, 6.07) is 12.4. The first-order valence-corrected chi connectivity index (χ1v) is 15.1. The molecule has 0 radical (unpaired) electrons. The number of amides is 1. The van der Waals surface area contributed by atoms with Crippen LogP contribution in [0.5, 0.6) is 5.75 Å². The molecule has 1 aliphatic heterocycles. The van der Waals surface area contributed by atoms with Gasteiger partial charge in [-0.05, 0) is 77.5 Å². The lowest BCUT2D eigenvalue weighted by Gasteiger charge is -2.35. The van der Waals surface area contributed by atoms with Gasteiger partial charge in [0.25, 0.3) is 15.9 Å². The van der Waals surface area contributed by atoms with Gasteiger partial charge in [0.15, 0.2) is 0 Å². The lowest BCUT2D eigenvalue weighted by atomic mass is 10.0. The maximum absolute atomic E-state index is 14.1. The Morgan fingerprint density at radius 3 is 2.51 bits per heavy atom. The van der Waals surface area contributed by atoms with Crippen LogP contribution in [0.3, 0.4) is 0 Å². The lowest BCUT2D eigenvalue weighted by molar-refractivity contribution is -0.0137. The van der Waals surface area contributed by atoms with E-state index in [0.29, 0.717) is 25.4 Å². The molecule has 0 spiro atoms. The van der Waals surface area contributed by atoms with Crippen LogP contribution in [0, 0.1) is 5.92 Å². The summed E-state index contributed by atoms with van der Waals surface area (Å²) in [5.74, 6) is 0.0273. The fraction of sp³-hybridized carbons (Fsp3) is 0.552. The Kier molecular flexibility index (Phi) is 11.2. The molecule has 39 heavy (non-hydrogen) atoms.